The zero-order chi connectivity index (χ0) is 20.9. The predicted octanol–water partition coefficient (Wildman–Crippen LogP) is 3.61. The summed E-state index contributed by atoms with van der Waals surface area (Å²) in [6.07, 6.45) is 1.79. The summed E-state index contributed by atoms with van der Waals surface area (Å²) in [5.74, 6) is 0.863. The zero-order valence-electron chi connectivity index (χ0n) is 18.4. The summed E-state index contributed by atoms with van der Waals surface area (Å²) in [6.45, 7) is 16.3. The summed E-state index contributed by atoms with van der Waals surface area (Å²) in [5.41, 5.74) is 0.0910. The van der Waals surface area contributed by atoms with Crippen molar-refractivity contribution in [3.05, 3.63) is 11.6 Å². The van der Waals surface area contributed by atoms with Crippen LogP contribution in [0.4, 0.5) is 4.79 Å². The van der Waals surface area contributed by atoms with Gasteiger partial charge in [-0.1, -0.05) is 0 Å². The molecule has 0 bridgehead atoms. The summed E-state index contributed by atoms with van der Waals surface area (Å²) in [7, 11) is -0.585. The molecule has 1 saturated carbocycles. The van der Waals surface area contributed by atoms with E-state index in [-0.39, 0.29) is 12.6 Å². The van der Waals surface area contributed by atoms with Crippen molar-refractivity contribution < 1.29 is 23.3 Å². The normalized spacial score (nSPS) is 21.1. The molecular weight excluding hydrogens is 359 g/mol. The van der Waals surface area contributed by atoms with Gasteiger partial charge < -0.3 is 18.5 Å². The highest BCUT2D eigenvalue weighted by Gasteiger charge is 2.55. The Hall–Kier alpha value is -1.54. The van der Waals surface area contributed by atoms with Crippen molar-refractivity contribution in [1.29, 1.82) is 0 Å². The number of carbonyl (C=O) groups is 1. The summed E-state index contributed by atoms with van der Waals surface area (Å²) in [5, 5.41) is 0. The van der Waals surface area contributed by atoms with Gasteiger partial charge in [0.2, 0.25) is 5.89 Å². The van der Waals surface area contributed by atoms with E-state index in [1.54, 1.807) is 4.90 Å². The number of hydrogen-bond acceptors (Lipinski definition) is 6. The van der Waals surface area contributed by atoms with Gasteiger partial charge in [0, 0.05) is 12.5 Å². The van der Waals surface area contributed by atoms with Crippen LogP contribution >= 0.6 is 0 Å². The number of hydrogen-bond donors (Lipinski definition) is 0. The molecule has 3 rings (SSSR count). The molecule has 0 N–H and O–H groups in total. The van der Waals surface area contributed by atoms with Crippen LogP contribution in [0.25, 0.3) is 0 Å². The maximum atomic E-state index is 12.4. The average molecular weight is 392 g/mol. The average Bonchev–Trinajstić information content (AvgIpc) is 3.24. The van der Waals surface area contributed by atoms with Crippen LogP contribution in [0.1, 0.15) is 85.7 Å². The molecule has 2 heterocycles. The van der Waals surface area contributed by atoms with Gasteiger partial charge in [-0.3, -0.25) is 4.90 Å². The Kier molecular flexibility index (Phi) is 5.34. The van der Waals surface area contributed by atoms with Gasteiger partial charge in [0.1, 0.15) is 12.1 Å². The van der Waals surface area contributed by atoms with E-state index in [0.29, 0.717) is 24.0 Å². The van der Waals surface area contributed by atoms with Gasteiger partial charge >= 0.3 is 13.2 Å². The van der Waals surface area contributed by atoms with Crippen molar-refractivity contribution in [2.75, 3.05) is 6.54 Å². The maximum Gasteiger partial charge on any atom is 0.534 e. The predicted molar refractivity (Wildman–Crippen MR) is 107 cm³/mol. The van der Waals surface area contributed by atoms with E-state index in [4.69, 9.17) is 23.4 Å². The monoisotopic (exact) mass is 392 g/mol. The molecule has 0 unspecified atom stereocenters. The Labute approximate surface area is 168 Å². The molecule has 2 aliphatic rings. The van der Waals surface area contributed by atoms with Gasteiger partial charge in [0.25, 0.3) is 0 Å². The molecule has 28 heavy (non-hydrogen) atoms. The standard InChI is InChI=1S/C20H33BN2O5/c1-9-23(17(24)26-18(2,3)4)12-14-22-15(13-10-11-13)16(25-14)21-27-19(5,6)20(7,8)28-21/h13H,9-12H2,1-8H3. The van der Waals surface area contributed by atoms with Crippen molar-refractivity contribution in [3.8, 4) is 0 Å². The fraction of sp³-hybridized carbons (Fsp3) is 0.800. The van der Waals surface area contributed by atoms with Crippen LogP contribution in [-0.2, 0) is 20.6 Å². The zero-order valence-corrected chi connectivity index (χ0v) is 18.4. The molecular formula is C20H33BN2O5. The van der Waals surface area contributed by atoms with Crippen molar-refractivity contribution in [2.45, 2.75) is 97.5 Å². The first-order chi connectivity index (χ1) is 12.8. The molecule has 7 nitrogen and oxygen atoms in total. The third-order valence-electron chi connectivity index (χ3n) is 5.52. The highest BCUT2D eigenvalue weighted by Crippen LogP contribution is 2.41. The van der Waals surface area contributed by atoms with E-state index in [1.165, 1.54) is 0 Å². The summed E-state index contributed by atoms with van der Waals surface area (Å²) in [4.78, 5) is 18.7. The van der Waals surface area contributed by atoms with Crippen molar-refractivity contribution >= 4 is 18.9 Å². The number of oxazole rings is 1. The van der Waals surface area contributed by atoms with Crippen molar-refractivity contribution in [2.24, 2.45) is 0 Å². The lowest BCUT2D eigenvalue weighted by Crippen LogP contribution is -2.41. The van der Waals surface area contributed by atoms with E-state index in [9.17, 15) is 4.79 Å². The van der Waals surface area contributed by atoms with Crippen molar-refractivity contribution in [3.63, 3.8) is 0 Å². The van der Waals surface area contributed by atoms with E-state index >= 15 is 0 Å². The fourth-order valence-corrected chi connectivity index (χ4v) is 3.02. The molecule has 2 fully saturated rings. The number of aromatic nitrogens is 1. The molecule has 0 radical (unpaired) electrons. The second kappa shape index (κ2) is 7.06. The molecule has 1 aromatic heterocycles. The lowest BCUT2D eigenvalue weighted by molar-refractivity contribution is 0.00578. The molecule has 8 heteroatoms. The van der Waals surface area contributed by atoms with E-state index in [0.717, 1.165) is 18.5 Å². The molecule has 1 amide bonds. The summed E-state index contributed by atoms with van der Waals surface area (Å²) >= 11 is 0. The Morgan fingerprint density at radius 3 is 2.25 bits per heavy atom. The number of rotatable bonds is 5. The van der Waals surface area contributed by atoms with Crippen LogP contribution in [0.15, 0.2) is 4.42 Å². The summed E-state index contributed by atoms with van der Waals surface area (Å²) < 4.78 is 23.9. The first kappa shape index (κ1) is 21.2. The Bertz CT molecular complexity index is 717. The Balaban J connectivity index is 1.81. The van der Waals surface area contributed by atoms with Crippen LogP contribution in [0, 0.1) is 0 Å². The lowest BCUT2D eigenvalue weighted by Gasteiger charge is -2.32. The number of nitrogens with zero attached hydrogens (tertiary/aromatic N) is 2. The molecule has 1 aliphatic carbocycles. The highest BCUT2D eigenvalue weighted by atomic mass is 16.7. The molecule has 0 atom stereocenters. The molecule has 1 saturated heterocycles. The van der Waals surface area contributed by atoms with Gasteiger partial charge in [-0.15, -0.1) is 0 Å². The summed E-state index contributed by atoms with van der Waals surface area (Å²) in [6, 6.07) is 0. The minimum absolute atomic E-state index is 0.255. The smallest absolute Gasteiger partial charge is 0.447 e. The third kappa shape index (κ3) is 4.38. The number of ether oxygens (including phenoxy) is 1. The van der Waals surface area contributed by atoms with Gasteiger partial charge in [0.05, 0.1) is 16.9 Å². The SMILES string of the molecule is CCN(Cc1nc(C2CC2)c(B2OC(C)(C)C(C)(C)O2)o1)C(=O)OC(C)(C)C. The largest absolute Gasteiger partial charge is 0.534 e. The second-order valence-electron chi connectivity index (χ2n) is 9.71. The first-order valence-corrected chi connectivity index (χ1v) is 10.2. The topological polar surface area (TPSA) is 74.0 Å². The molecule has 0 spiro atoms. The number of carbonyl (C=O) groups excluding carboxylic acids is 1. The molecule has 1 aliphatic heterocycles. The third-order valence-corrected chi connectivity index (χ3v) is 5.52. The quantitative estimate of drug-likeness (QED) is 0.713. The van der Waals surface area contributed by atoms with Gasteiger partial charge in [-0.2, -0.15) is 0 Å². The van der Waals surface area contributed by atoms with Gasteiger partial charge in [-0.05, 0) is 68.2 Å². The Morgan fingerprint density at radius 2 is 1.79 bits per heavy atom. The van der Waals surface area contributed by atoms with Crippen LogP contribution in [0.5, 0.6) is 0 Å². The van der Waals surface area contributed by atoms with Crippen molar-refractivity contribution in [1.82, 2.24) is 9.88 Å². The molecule has 1 aromatic rings. The van der Waals surface area contributed by atoms with E-state index < -0.39 is 23.9 Å². The minimum atomic E-state index is -0.585. The molecule has 156 valence electrons. The van der Waals surface area contributed by atoms with Gasteiger partial charge in [-0.25, -0.2) is 9.78 Å². The van der Waals surface area contributed by atoms with Crippen LogP contribution in [-0.4, -0.2) is 46.4 Å². The fourth-order valence-electron chi connectivity index (χ4n) is 3.02. The van der Waals surface area contributed by atoms with Crippen LogP contribution in [0.2, 0.25) is 0 Å². The highest BCUT2D eigenvalue weighted by molar-refractivity contribution is 6.61. The maximum absolute atomic E-state index is 12.4. The van der Waals surface area contributed by atoms with E-state index in [1.807, 2.05) is 55.4 Å². The van der Waals surface area contributed by atoms with Crippen LogP contribution < -0.4 is 5.66 Å². The van der Waals surface area contributed by atoms with E-state index in [2.05, 4.69) is 0 Å². The van der Waals surface area contributed by atoms with Crippen LogP contribution in [0.3, 0.4) is 0 Å². The second-order valence-corrected chi connectivity index (χ2v) is 9.71. The minimum Gasteiger partial charge on any atom is -0.447 e. The number of amides is 1. The lowest BCUT2D eigenvalue weighted by atomic mass is 9.83. The van der Waals surface area contributed by atoms with Gasteiger partial charge in [0.15, 0.2) is 5.66 Å². The first-order valence-electron chi connectivity index (χ1n) is 10.2. The Morgan fingerprint density at radius 1 is 1.21 bits per heavy atom. The molecule has 0 aromatic carbocycles.